The smallest absolute Gasteiger partial charge is 0.269 e. The Morgan fingerprint density at radius 2 is 1.88 bits per heavy atom. The highest BCUT2D eigenvalue weighted by molar-refractivity contribution is 6.35. The monoisotopic (exact) mass is 370 g/mol. The van der Waals surface area contributed by atoms with Crippen molar-refractivity contribution in [3.63, 3.8) is 0 Å². The molecule has 8 heteroatoms. The average Bonchev–Trinajstić information content (AvgIpc) is 2.51. The van der Waals surface area contributed by atoms with Crippen molar-refractivity contribution in [3.8, 4) is 0 Å². The standard InChI is InChI=1S/C16H13Cl2FN2O3/c1-9(12-7-15(19)14(18)8-13(12)17)20-16(22)6-10-2-4-11(5-3-10)21(23)24/h2-5,7-9H,6H2,1H3,(H,20,22)/t9-/m1/s1. The van der Waals surface area contributed by atoms with Gasteiger partial charge in [0.15, 0.2) is 0 Å². The van der Waals surface area contributed by atoms with Crippen molar-refractivity contribution >= 4 is 34.8 Å². The van der Waals surface area contributed by atoms with Gasteiger partial charge in [0, 0.05) is 17.2 Å². The summed E-state index contributed by atoms with van der Waals surface area (Å²) < 4.78 is 13.5. The number of amides is 1. The lowest BCUT2D eigenvalue weighted by Gasteiger charge is -2.16. The van der Waals surface area contributed by atoms with Gasteiger partial charge in [0.2, 0.25) is 5.91 Å². The topological polar surface area (TPSA) is 72.2 Å². The number of rotatable bonds is 5. The molecule has 0 heterocycles. The number of nitrogens with zero attached hydrogens (tertiary/aromatic N) is 1. The Bertz CT molecular complexity index is 782. The molecule has 1 atom stereocenters. The van der Waals surface area contributed by atoms with Crippen molar-refractivity contribution in [3.05, 3.63) is 73.5 Å². The first-order chi connectivity index (χ1) is 11.3. The van der Waals surface area contributed by atoms with Crippen LogP contribution in [0.1, 0.15) is 24.1 Å². The summed E-state index contributed by atoms with van der Waals surface area (Å²) in [6, 6.07) is 7.63. The lowest BCUT2D eigenvalue weighted by Crippen LogP contribution is -2.28. The van der Waals surface area contributed by atoms with Crippen LogP contribution < -0.4 is 5.32 Å². The number of hydrogen-bond donors (Lipinski definition) is 1. The molecule has 0 saturated carbocycles. The summed E-state index contributed by atoms with van der Waals surface area (Å²) >= 11 is 11.7. The molecule has 126 valence electrons. The van der Waals surface area contributed by atoms with Gasteiger partial charge in [0.25, 0.3) is 5.69 Å². The minimum absolute atomic E-state index is 0.0377. The first-order valence-corrected chi connectivity index (χ1v) is 7.70. The maximum Gasteiger partial charge on any atom is 0.269 e. The fourth-order valence-electron chi connectivity index (χ4n) is 2.16. The van der Waals surface area contributed by atoms with Gasteiger partial charge in [-0.15, -0.1) is 0 Å². The summed E-state index contributed by atoms with van der Waals surface area (Å²) in [5.74, 6) is -0.935. The Hall–Kier alpha value is -2.18. The van der Waals surface area contributed by atoms with Crippen molar-refractivity contribution < 1.29 is 14.1 Å². The Morgan fingerprint density at radius 3 is 2.46 bits per heavy atom. The van der Waals surface area contributed by atoms with Crippen LogP contribution in [-0.2, 0) is 11.2 Å². The van der Waals surface area contributed by atoms with Crippen LogP contribution in [0, 0.1) is 15.9 Å². The number of carbonyl (C=O) groups excluding carboxylic acids is 1. The maximum atomic E-state index is 13.5. The third kappa shape index (κ3) is 4.43. The number of carbonyl (C=O) groups is 1. The summed E-state index contributed by atoms with van der Waals surface area (Å²) in [5, 5.41) is 13.5. The number of nitro groups is 1. The van der Waals surface area contributed by atoms with E-state index in [1.807, 2.05) is 0 Å². The predicted octanol–water partition coefficient (Wildman–Crippen LogP) is 4.46. The predicted molar refractivity (Wildman–Crippen MR) is 89.8 cm³/mol. The molecule has 0 spiro atoms. The Morgan fingerprint density at radius 1 is 1.25 bits per heavy atom. The van der Waals surface area contributed by atoms with E-state index in [0.29, 0.717) is 11.1 Å². The fraction of sp³-hybridized carbons (Fsp3) is 0.188. The molecule has 0 fully saturated rings. The minimum Gasteiger partial charge on any atom is -0.349 e. The van der Waals surface area contributed by atoms with E-state index in [-0.39, 0.29) is 28.1 Å². The highest BCUT2D eigenvalue weighted by Crippen LogP contribution is 2.28. The van der Waals surface area contributed by atoms with Gasteiger partial charge in [-0.3, -0.25) is 14.9 Å². The largest absolute Gasteiger partial charge is 0.349 e. The fourth-order valence-corrected chi connectivity index (χ4v) is 2.71. The van der Waals surface area contributed by atoms with E-state index in [4.69, 9.17) is 23.2 Å². The second-order valence-electron chi connectivity index (χ2n) is 5.18. The van der Waals surface area contributed by atoms with E-state index >= 15 is 0 Å². The van der Waals surface area contributed by atoms with Crippen molar-refractivity contribution in [2.24, 2.45) is 0 Å². The van der Waals surface area contributed by atoms with Crippen molar-refractivity contribution in [1.82, 2.24) is 5.32 Å². The van der Waals surface area contributed by atoms with Crippen molar-refractivity contribution in [2.45, 2.75) is 19.4 Å². The van der Waals surface area contributed by atoms with Crippen LogP contribution in [0.4, 0.5) is 10.1 Å². The molecule has 1 N–H and O–H groups in total. The van der Waals surface area contributed by atoms with Crippen LogP contribution in [-0.4, -0.2) is 10.8 Å². The Balaban J connectivity index is 2.04. The summed E-state index contributed by atoms with van der Waals surface area (Å²) in [6.45, 7) is 1.67. The van der Waals surface area contributed by atoms with E-state index in [1.54, 1.807) is 6.92 Å². The highest BCUT2D eigenvalue weighted by atomic mass is 35.5. The molecule has 2 aromatic carbocycles. The lowest BCUT2D eigenvalue weighted by molar-refractivity contribution is -0.384. The molecule has 0 aromatic heterocycles. The third-order valence-corrected chi connectivity index (χ3v) is 4.01. The molecule has 0 saturated heterocycles. The van der Waals surface area contributed by atoms with Crippen LogP contribution in [0.2, 0.25) is 10.0 Å². The van der Waals surface area contributed by atoms with E-state index in [1.165, 1.54) is 36.4 Å². The normalized spacial score (nSPS) is 11.8. The molecule has 0 aliphatic heterocycles. The van der Waals surface area contributed by atoms with Crippen LogP contribution in [0.5, 0.6) is 0 Å². The van der Waals surface area contributed by atoms with Gasteiger partial charge in [-0.1, -0.05) is 35.3 Å². The molecule has 0 bridgehead atoms. The summed E-state index contributed by atoms with van der Waals surface area (Å²) in [5.41, 5.74) is 0.991. The first kappa shape index (κ1) is 18.2. The van der Waals surface area contributed by atoms with Gasteiger partial charge >= 0.3 is 0 Å². The number of non-ortho nitro benzene ring substituents is 1. The second-order valence-corrected chi connectivity index (χ2v) is 5.99. The molecular formula is C16H13Cl2FN2O3. The van der Waals surface area contributed by atoms with E-state index in [9.17, 15) is 19.3 Å². The van der Waals surface area contributed by atoms with Gasteiger partial charge < -0.3 is 5.32 Å². The number of nitro benzene ring substituents is 1. The van der Waals surface area contributed by atoms with E-state index in [0.717, 1.165) is 0 Å². The van der Waals surface area contributed by atoms with E-state index in [2.05, 4.69) is 5.32 Å². The summed E-state index contributed by atoms with van der Waals surface area (Å²) in [6.07, 6.45) is 0.0377. The van der Waals surface area contributed by atoms with Gasteiger partial charge in [0.1, 0.15) is 5.82 Å². The molecule has 2 rings (SSSR count). The number of nitrogens with one attached hydrogen (secondary N) is 1. The van der Waals surface area contributed by atoms with Crippen LogP contribution in [0.3, 0.4) is 0 Å². The van der Waals surface area contributed by atoms with Crippen LogP contribution in [0.15, 0.2) is 36.4 Å². The molecule has 24 heavy (non-hydrogen) atoms. The molecule has 0 aliphatic carbocycles. The molecule has 5 nitrogen and oxygen atoms in total. The maximum absolute atomic E-state index is 13.5. The molecule has 0 unspecified atom stereocenters. The van der Waals surface area contributed by atoms with Gasteiger partial charge in [-0.25, -0.2) is 4.39 Å². The zero-order valence-corrected chi connectivity index (χ0v) is 14.1. The zero-order chi connectivity index (χ0) is 17.9. The zero-order valence-electron chi connectivity index (χ0n) is 12.6. The SMILES string of the molecule is C[C@@H](NC(=O)Cc1ccc([N+](=O)[O-])cc1)c1cc(F)c(Cl)cc1Cl. The van der Waals surface area contributed by atoms with Crippen molar-refractivity contribution in [2.75, 3.05) is 0 Å². The second kappa shape index (κ2) is 7.59. The van der Waals surface area contributed by atoms with Crippen molar-refractivity contribution in [1.29, 1.82) is 0 Å². The van der Waals surface area contributed by atoms with Gasteiger partial charge in [-0.05, 0) is 30.2 Å². The third-order valence-electron chi connectivity index (χ3n) is 3.40. The summed E-state index contributed by atoms with van der Waals surface area (Å²) in [4.78, 5) is 22.2. The minimum atomic E-state index is -0.618. The van der Waals surface area contributed by atoms with Gasteiger partial charge in [-0.2, -0.15) is 0 Å². The highest BCUT2D eigenvalue weighted by Gasteiger charge is 2.16. The Labute approximate surface area is 147 Å². The quantitative estimate of drug-likeness (QED) is 0.479. The molecule has 1 amide bonds. The first-order valence-electron chi connectivity index (χ1n) is 6.95. The Kier molecular flexibility index (Phi) is 5.75. The van der Waals surface area contributed by atoms with Gasteiger partial charge in [0.05, 0.1) is 22.4 Å². The van der Waals surface area contributed by atoms with Crippen LogP contribution in [0.25, 0.3) is 0 Å². The van der Waals surface area contributed by atoms with E-state index < -0.39 is 16.8 Å². The van der Waals surface area contributed by atoms with Crippen LogP contribution >= 0.6 is 23.2 Å². The number of benzene rings is 2. The number of halogens is 3. The summed E-state index contributed by atoms with van der Waals surface area (Å²) in [7, 11) is 0. The molecule has 0 radical (unpaired) electrons. The molecule has 0 aliphatic rings. The lowest BCUT2D eigenvalue weighted by atomic mass is 10.1. The average molecular weight is 371 g/mol. The molecule has 2 aromatic rings. The molecular weight excluding hydrogens is 358 g/mol. The number of hydrogen-bond acceptors (Lipinski definition) is 3.